The van der Waals surface area contributed by atoms with Crippen molar-refractivity contribution in [1.82, 2.24) is 0 Å². The zero-order valence-electron chi connectivity index (χ0n) is 9.70. The molecular weight excluding hydrogens is 217 g/mol. The lowest BCUT2D eigenvalue weighted by Crippen LogP contribution is -2.01. The normalized spacial score (nSPS) is 19.6. The van der Waals surface area contributed by atoms with Crippen LogP contribution in [0.4, 0.5) is 4.39 Å². The van der Waals surface area contributed by atoms with Crippen molar-refractivity contribution in [3.63, 3.8) is 0 Å². The van der Waals surface area contributed by atoms with E-state index in [0.29, 0.717) is 11.5 Å². The Morgan fingerprint density at radius 3 is 2.76 bits per heavy atom. The largest absolute Gasteiger partial charge is 0.506 e. The molecular formula is C14H14FNO. The van der Waals surface area contributed by atoms with Crippen LogP contribution in [0.5, 0.6) is 5.75 Å². The van der Waals surface area contributed by atoms with Crippen LogP contribution in [0.25, 0.3) is 5.57 Å². The second-order valence-corrected chi connectivity index (χ2v) is 4.57. The third-order valence-corrected chi connectivity index (χ3v) is 3.23. The minimum Gasteiger partial charge on any atom is -0.506 e. The highest BCUT2D eigenvalue weighted by atomic mass is 19.1. The van der Waals surface area contributed by atoms with Gasteiger partial charge in [-0.05, 0) is 48.4 Å². The topological polar surface area (TPSA) is 44.0 Å². The number of phenols is 1. The van der Waals surface area contributed by atoms with E-state index >= 15 is 0 Å². The summed E-state index contributed by atoms with van der Waals surface area (Å²) < 4.78 is 13.5. The molecule has 0 aliphatic heterocycles. The minimum absolute atomic E-state index is 0.276. The van der Waals surface area contributed by atoms with Crippen LogP contribution in [0.15, 0.2) is 18.2 Å². The van der Waals surface area contributed by atoms with E-state index in [4.69, 9.17) is 5.26 Å². The molecule has 0 saturated carbocycles. The number of aromatic hydroxyl groups is 1. The molecule has 1 aliphatic rings. The molecule has 1 N–H and O–H groups in total. The third-order valence-electron chi connectivity index (χ3n) is 3.23. The molecule has 0 aromatic heterocycles. The molecule has 1 unspecified atom stereocenters. The summed E-state index contributed by atoms with van der Waals surface area (Å²) in [5, 5.41) is 18.2. The number of halogens is 1. The van der Waals surface area contributed by atoms with Gasteiger partial charge in [-0.3, -0.25) is 0 Å². The monoisotopic (exact) mass is 231 g/mol. The quantitative estimate of drug-likeness (QED) is 0.802. The van der Waals surface area contributed by atoms with Gasteiger partial charge in [0.05, 0.1) is 0 Å². The Labute approximate surface area is 100 Å². The molecule has 1 atom stereocenters. The van der Waals surface area contributed by atoms with Crippen molar-refractivity contribution < 1.29 is 9.50 Å². The Hall–Kier alpha value is -1.82. The van der Waals surface area contributed by atoms with Gasteiger partial charge in [0, 0.05) is 0 Å². The first-order valence-electron chi connectivity index (χ1n) is 5.74. The fraction of sp³-hybridized carbons (Fsp3) is 0.357. The van der Waals surface area contributed by atoms with E-state index in [0.717, 1.165) is 24.8 Å². The number of rotatable bonds is 1. The molecule has 0 spiro atoms. The van der Waals surface area contributed by atoms with Crippen molar-refractivity contribution in [3.05, 3.63) is 35.2 Å². The summed E-state index contributed by atoms with van der Waals surface area (Å²) in [6.07, 6.45) is 5.05. The predicted octanol–water partition coefficient (Wildman–Crippen LogP) is 3.61. The van der Waals surface area contributed by atoms with Crippen LogP contribution in [-0.4, -0.2) is 5.11 Å². The van der Waals surface area contributed by atoms with Crippen molar-refractivity contribution in [2.75, 3.05) is 0 Å². The number of allylic oxidation sites excluding steroid dienone is 2. The van der Waals surface area contributed by atoms with Crippen molar-refractivity contribution >= 4 is 5.57 Å². The fourth-order valence-electron chi connectivity index (χ4n) is 2.12. The Balaban J connectivity index is 2.39. The van der Waals surface area contributed by atoms with E-state index in [9.17, 15) is 9.50 Å². The van der Waals surface area contributed by atoms with E-state index in [2.05, 4.69) is 13.0 Å². The molecule has 0 amide bonds. The van der Waals surface area contributed by atoms with Gasteiger partial charge in [0.1, 0.15) is 23.2 Å². The highest BCUT2D eigenvalue weighted by Crippen LogP contribution is 2.33. The highest BCUT2D eigenvalue weighted by Gasteiger charge is 2.15. The summed E-state index contributed by atoms with van der Waals surface area (Å²) in [5.41, 5.74) is 1.46. The smallest absolute Gasteiger partial charge is 0.145 e. The Bertz CT molecular complexity index is 490. The first kappa shape index (κ1) is 11.7. The van der Waals surface area contributed by atoms with Crippen LogP contribution in [0.1, 0.15) is 37.3 Å². The van der Waals surface area contributed by atoms with Crippen LogP contribution in [0.2, 0.25) is 0 Å². The zero-order valence-corrected chi connectivity index (χ0v) is 9.70. The summed E-state index contributed by atoms with van der Waals surface area (Å²) in [6.45, 7) is 2.18. The van der Waals surface area contributed by atoms with Gasteiger partial charge in [0.25, 0.3) is 0 Å². The van der Waals surface area contributed by atoms with E-state index in [1.54, 1.807) is 6.07 Å². The first-order chi connectivity index (χ1) is 8.11. The van der Waals surface area contributed by atoms with Crippen molar-refractivity contribution in [3.8, 4) is 11.8 Å². The van der Waals surface area contributed by atoms with Crippen molar-refractivity contribution in [2.24, 2.45) is 5.92 Å². The Morgan fingerprint density at radius 2 is 2.24 bits per heavy atom. The number of benzene rings is 1. The Kier molecular flexibility index (Phi) is 3.14. The van der Waals surface area contributed by atoms with Gasteiger partial charge < -0.3 is 5.11 Å². The lowest BCUT2D eigenvalue weighted by Gasteiger charge is -2.18. The van der Waals surface area contributed by atoms with Crippen LogP contribution < -0.4 is 0 Å². The molecule has 2 nitrogen and oxygen atoms in total. The van der Waals surface area contributed by atoms with Crippen LogP contribution >= 0.6 is 0 Å². The maximum absolute atomic E-state index is 13.5. The summed E-state index contributed by atoms with van der Waals surface area (Å²) in [7, 11) is 0. The van der Waals surface area contributed by atoms with Crippen LogP contribution in [-0.2, 0) is 0 Å². The molecule has 1 aliphatic carbocycles. The SMILES string of the molecule is CC1CC=C(c2cc(O)c(C#N)c(F)c2)CC1. The zero-order chi connectivity index (χ0) is 12.4. The molecule has 0 radical (unpaired) electrons. The molecule has 1 aromatic rings. The van der Waals surface area contributed by atoms with E-state index in [-0.39, 0.29) is 11.3 Å². The van der Waals surface area contributed by atoms with E-state index in [1.807, 2.05) is 0 Å². The minimum atomic E-state index is -0.651. The van der Waals surface area contributed by atoms with Gasteiger partial charge in [-0.2, -0.15) is 5.26 Å². The average molecular weight is 231 g/mol. The number of hydrogen-bond acceptors (Lipinski definition) is 2. The van der Waals surface area contributed by atoms with E-state index in [1.165, 1.54) is 12.1 Å². The average Bonchev–Trinajstić information content (AvgIpc) is 2.29. The molecule has 0 bridgehead atoms. The standard InChI is InChI=1S/C14H14FNO/c1-9-2-4-10(5-3-9)11-6-13(15)12(8-16)14(17)7-11/h4,6-7,9,17H,2-3,5H2,1H3. The molecule has 3 heteroatoms. The molecule has 0 fully saturated rings. The summed E-state index contributed by atoms with van der Waals surface area (Å²) >= 11 is 0. The van der Waals surface area contributed by atoms with Crippen molar-refractivity contribution in [1.29, 1.82) is 5.26 Å². The van der Waals surface area contributed by atoms with E-state index < -0.39 is 5.82 Å². The maximum atomic E-state index is 13.5. The van der Waals surface area contributed by atoms with Crippen LogP contribution in [0, 0.1) is 23.1 Å². The molecule has 1 aromatic carbocycles. The maximum Gasteiger partial charge on any atom is 0.145 e. The lowest BCUT2D eigenvalue weighted by molar-refractivity contribution is 0.466. The lowest BCUT2D eigenvalue weighted by atomic mass is 9.87. The van der Waals surface area contributed by atoms with Gasteiger partial charge in [0.15, 0.2) is 0 Å². The highest BCUT2D eigenvalue weighted by molar-refractivity contribution is 5.68. The second-order valence-electron chi connectivity index (χ2n) is 4.57. The van der Waals surface area contributed by atoms with Gasteiger partial charge >= 0.3 is 0 Å². The molecule has 0 saturated heterocycles. The number of hydrogen-bond donors (Lipinski definition) is 1. The number of phenolic OH excluding ortho intramolecular Hbond substituents is 1. The van der Waals surface area contributed by atoms with Gasteiger partial charge in [-0.25, -0.2) is 4.39 Å². The van der Waals surface area contributed by atoms with Crippen molar-refractivity contribution in [2.45, 2.75) is 26.2 Å². The van der Waals surface area contributed by atoms with Gasteiger partial charge in [-0.1, -0.05) is 13.0 Å². The first-order valence-corrected chi connectivity index (χ1v) is 5.74. The second kappa shape index (κ2) is 4.58. The molecule has 17 heavy (non-hydrogen) atoms. The summed E-state index contributed by atoms with van der Waals surface area (Å²) in [5.74, 6) is -0.264. The summed E-state index contributed by atoms with van der Waals surface area (Å²) in [6, 6.07) is 4.47. The molecule has 2 rings (SSSR count). The Morgan fingerprint density at radius 1 is 1.47 bits per heavy atom. The third kappa shape index (κ3) is 2.31. The van der Waals surface area contributed by atoms with Crippen LogP contribution in [0.3, 0.4) is 0 Å². The number of nitrogens with zero attached hydrogens (tertiary/aromatic N) is 1. The predicted molar refractivity (Wildman–Crippen MR) is 63.8 cm³/mol. The van der Waals surface area contributed by atoms with Gasteiger partial charge in [-0.15, -0.1) is 0 Å². The fourth-order valence-corrected chi connectivity index (χ4v) is 2.12. The number of nitriles is 1. The summed E-state index contributed by atoms with van der Waals surface area (Å²) in [4.78, 5) is 0. The molecule has 88 valence electrons. The molecule has 0 heterocycles. The van der Waals surface area contributed by atoms with Gasteiger partial charge in [0.2, 0.25) is 0 Å².